The molecule has 0 unspecified atom stereocenters. The minimum atomic E-state index is 0.519. The van der Waals surface area contributed by atoms with Gasteiger partial charge in [-0.1, -0.05) is 17.9 Å². The van der Waals surface area contributed by atoms with E-state index in [1.807, 2.05) is 12.1 Å². The van der Waals surface area contributed by atoms with Gasteiger partial charge in [-0.3, -0.25) is 4.98 Å². The number of pyridine rings is 1. The minimum Gasteiger partial charge on any atom is -0.407 e. The molecule has 6 nitrogen and oxygen atoms in total. The molecule has 124 valence electrons. The van der Waals surface area contributed by atoms with Crippen LogP contribution in [0.3, 0.4) is 0 Å². The highest BCUT2D eigenvalue weighted by Gasteiger charge is 2.10. The van der Waals surface area contributed by atoms with E-state index >= 15 is 0 Å². The molecule has 1 aliphatic rings. The summed E-state index contributed by atoms with van der Waals surface area (Å²) in [6, 6.07) is 4.47. The van der Waals surface area contributed by atoms with Crippen molar-refractivity contribution in [2.45, 2.75) is 36.3 Å². The number of hydrogen-bond donors (Lipinski definition) is 1. The molecule has 0 aromatic carbocycles. The Morgan fingerprint density at radius 1 is 1.09 bits per heavy atom. The van der Waals surface area contributed by atoms with Gasteiger partial charge in [-0.15, -0.1) is 16.9 Å². The van der Waals surface area contributed by atoms with Crippen molar-refractivity contribution in [1.82, 2.24) is 20.1 Å². The second kappa shape index (κ2) is 8.88. The Hall–Kier alpha value is -1.60. The van der Waals surface area contributed by atoms with Gasteiger partial charge in [0.25, 0.3) is 0 Å². The largest absolute Gasteiger partial charge is 0.407 e. The van der Waals surface area contributed by atoms with Crippen molar-refractivity contribution in [2.24, 2.45) is 0 Å². The summed E-state index contributed by atoms with van der Waals surface area (Å²) in [7, 11) is 0. The quantitative estimate of drug-likeness (QED) is 0.781. The molecule has 7 heteroatoms. The number of likely N-dealkylation sites (tertiary alicyclic amines) is 1. The van der Waals surface area contributed by atoms with Crippen molar-refractivity contribution in [3.05, 3.63) is 30.4 Å². The first-order chi connectivity index (χ1) is 11.4. The average Bonchev–Trinajstić information content (AvgIpc) is 2.88. The molecule has 2 aromatic heterocycles. The van der Waals surface area contributed by atoms with Gasteiger partial charge in [0, 0.05) is 30.4 Å². The van der Waals surface area contributed by atoms with Gasteiger partial charge < -0.3 is 14.6 Å². The zero-order chi connectivity index (χ0) is 15.7. The van der Waals surface area contributed by atoms with E-state index in [2.05, 4.69) is 25.4 Å². The van der Waals surface area contributed by atoms with E-state index in [1.54, 1.807) is 24.2 Å². The maximum atomic E-state index is 5.63. The Morgan fingerprint density at radius 2 is 1.87 bits per heavy atom. The number of nitrogens with one attached hydrogen (secondary N) is 1. The summed E-state index contributed by atoms with van der Waals surface area (Å²) in [4.78, 5) is 7.66. The number of thioether (sulfide) groups is 1. The molecule has 1 saturated heterocycles. The Balaban J connectivity index is 1.38. The summed E-state index contributed by atoms with van der Waals surface area (Å²) in [5, 5.41) is 11.4. The number of anilines is 1. The van der Waals surface area contributed by atoms with Crippen LogP contribution in [0, 0.1) is 0 Å². The highest BCUT2D eigenvalue weighted by Crippen LogP contribution is 2.21. The molecule has 1 aliphatic heterocycles. The second-order valence-electron chi connectivity index (χ2n) is 5.66. The molecule has 1 N–H and O–H groups in total. The first-order valence-corrected chi connectivity index (χ1v) is 9.20. The fraction of sp³-hybridized carbons (Fsp3) is 0.562. The zero-order valence-electron chi connectivity index (χ0n) is 13.3. The summed E-state index contributed by atoms with van der Waals surface area (Å²) in [6.07, 6.45) is 8.93. The van der Waals surface area contributed by atoms with Crippen LogP contribution in [-0.4, -0.2) is 46.3 Å². The molecule has 0 aliphatic carbocycles. The van der Waals surface area contributed by atoms with Gasteiger partial charge in [0.05, 0.1) is 5.75 Å². The van der Waals surface area contributed by atoms with Gasteiger partial charge in [0.1, 0.15) is 0 Å². The van der Waals surface area contributed by atoms with Crippen LogP contribution in [0.15, 0.2) is 33.8 Å². The van der Waals surface area contributed by atoms with Crippen LogP contribution in [-0.2, 0) is 5.75 Å². The lowest BCUT2D eigenvalue weighted by Gasteiger charge is -2.19. The third-order valence-electron chi connectivity index (χ3n) is 3.88. The summed E-state index contributed by atoms with van der Waals surface area (Å²) in [6.45, 7) is 4.29. The number of aromatic nitrogens is 3. The molecule has 0 bridgehead atoms. The fourth-order valence-electron chi connectivity index (χ4n) is 2.64. The normalized spacial score (nSPS) is 16.2. The summed E-state index contributed by atoms with van der Waals surface area (Å²) in [5.74, 6) is 1.31. The third-order valence-corrected chi connectivity index (χ3v) is 4.88. The van der Waals surface area contributed by atoms with Crippen molar-refractivity contribution in [2.75, 3.05) is 31.5 Å². The Bertz CT molecular complexity index is 569. The van der Waals surface area contributed by atoms with E-state index in [1.165, 1.54) is 38.8 Å². The van der Waals surface area contributed by atoms with Crippen LogP contribution in [0.4, 0.5) is 6.01 Å². The number of hydrogen-bond acceptors (Lipinski definition) is 7. The summed E-state index contributed by atoms with van der Waals surface area (Å²) < 4.78 is 5.63. The molecule has 0 atom stereocenters. The molecule has 2 aromatic rings. The lowest BCUT2D eigenvalue weighted by Crippen LogP contribution is -2.30. The first kappa shape index (κ1) is 16.3. The van der Waals surface area contributed by atoms with Crippen LogP contribution >= 0.6 is 11.8 Å². The summed E-state index contributed by atoms with van der Waals surface area (Å²) in [5.41, 5.74) is 0. The standard InChI is InChI=1S/C16H23N5OS/c1-2-4-11-21(10-3-1)12-9-18-16-20-19-15(22-16)13-23-14-5-7-17-8-6-14/h5-8H,1-4,9-13H2,(H,18,20). The Morgan fingerprint density at radius 3 is 2.65 bits per heavy atom. The molecule has 0 spiro atoms. The maximum Gasteiger partial charge on any atom is 0.315 e. The van der Waals surface area contributed by atoms with Crippen molar-refractivity contribution < 1.29 is 4.42 Å². The topological polar surface area (TPSA) is 67.1 Å². The van der Waals surface area contributed by atoms with Crippen LogP contribution < -0.4 is 5.32 Å². The molecule has 3 heterocycles. The summed E-state index contributed by atoms with van der Waals surface area (Å²) >= 11 is 1.66. The van der Waals surface area contributed by atoms with E-state index in [0.29, 0.717) is 17.7 Å². The van der Waals surface area contributed by atoms with Crippen molar-refractivity contribution >= 4 is 17.8 Å². The van der Waals surface area contributed by atoms with Gasteiger partial charge in [-0.2, -0.15) is 0 Å². The van der Waals surface area contributed by atoms with Gasteiger partial charge >= 0.3 is 6.01 Å². The Kier molecular flexibility index (Phi) is 6.28. The van der Waals surface area contributed by atoms with Gasteiger partial charge in [0.2, 0.25) is 5.89 Å². The predicted molar refractivity (Wildman–Crippen MR) is 91.5 cm³/mol. The fourth-order valence-corrected chi connectivity index (χ4v) is 3.36. The first-order valence-electron chi connectivity index (χ1n) is 8.21. The Labute approximate surface area is 141 Å². The van der Waals surface area contributed by atoms with Gasteiger partial charge in [-0.25, -0.2) is 0 Å². The van der Waals surface area contributed by atoms with E-state index in [0.717, 1.165) is 18.0 Å². The number of nitrogens with zero attached hydrogens (tertiary/aromatic N) is 4. The molecule has 1 fully saturated rings. The molecule has 3 rings (SSSR count). The molecule has 23 heavy (non-hydrogen) atoms. The third kappa shape index (κ3) is 5.51. The van der Waals surface area contributed by atoms with Crippen LogP contribution in [0.2, 0.25) is 0 Å². The van der Waals surface area contributed by atoms with E-state index < -0.39 is 0 Å². The zero-order valence-corrected chi connectivity index (χ0v) is 14.1. The SMILES string of the molecule is c1cc(SCc2nnc(NCCN3CCCCCC3)o2)ccn1. The van der Waals surface area contributed by atoms with Gasteiger partial charge in [0.15, 0.2) is 0 Å². The smallest absolute Gasteiger partial charge is 0.315 e. The van der Waals surface area contributed by atoms with Crippen LogP contribution in [0.25, 0.3) is 0 Å². The van der Waals surface area contributed by atoms with E-state index in [4.69, 9.17) is 4.42 Å². The lowest BCUT2D eigenvalue weighted by molar-refractivity contribution is 0.295. The second-order valence-corrected chi connectivity index (χ2v) is 6.70. The number of rotatable bonds is 7. The van der Waals surface area contributed by atoms with E-state index in [9.17, 15) is 0 Å². The van der Waals surface area contributed by atoms with Crippen molar-refractivity contribution in [3.63, 3.8) is 0 Å². The highest BCUT2D eigenvalue weighted by molar-refractivity contribution is 7.98. The van der Waals surface area contributed by atoms with Crippen molar-refractivity contribution in [1.29, 1.82) is 0 Å². The molecule has 0 amide bonds. The highest BCUT2D eigenvalue weighted by atomic mass is 32.2. The lowest BCUT2D eigenvalue weighted by atomic mass is 10.2. The minimum absolute atomic E-state index is 0.519. The molecule has 0 radical (unpaired) electrons. The van der Waals surface area contributed by atoms with E-state index in [-0.39, 0.29) is 0 Å². The van der Waals surface area contributed by atoms with Gasteiger partial charge in [-0.05, 0) is 38.1 Å². The molecule has 0 saturated carbocycles. The molecular weight excluding hydrogens is 310 g/mol. The van der Waals surface area contributed by atoms with Crippen molar-refractivity contribution in [3.8, 4) is 0 Å². The van der Waals surface area contributed by atoms with Crippen LogP contribution in [0.1, 0.15) is 31.6 Å². The average molecular weight is 333 g/mol. The maximum absolute atomic E-state index is 5.63. The van der Waals surface area contributed by atoms with Crippen LogP contribution in [0.5, 0.6) is 0 Å². The molecular formula is C16H23N5OS. The monoisotopic (exact) mass is 333 g/mol. The predicted octanol–water partition coefficient (Wildman–Crippen LogP) is 3.04.